The molecular formula is C18H21N3O7. The number of carbonyl (C=O) groups excluding carboxylic acids is 4. The van der Waals surface area contributed by atoms with Crippen LogP contribution in [0.15, 0.2) is 18.2 Å². The lowest BCUT2D eigenvalue weighted by atomic mass is 10.1. The van der Waals surface area contributed by atoms with Crippen LogP contribution in [0.25, 0.3) is 0 Å². The zero-order valence-electron chi connectivity index (χ0n) is 15.8. The number of fused-ring (bicyclic) bond motifs is 1. The van der Waals surface area contributed by atoms with Gasteiger partial charge in [0.05, 0.1) is 16.9 Å². The van der Waals surface area contributed by atoms with E-state index >= 15 is 0 Å². The molecule has 10 nitrogen and oxygen atoms in total. The highest BCUT2D eigenvalue weighted by molar-refractivity contribution is 6.23. The summed E-state index contributed by atoms with van der Waals surface area (Å²) in [5.41, 5.74) is -0.820. The van der Waals surface area contributed by atoms with Crippen molar-refractivity contribution >= 4 is 29.4 Å². The van der Waals surface area contributed by atoms with Crippen molar-refractivity contribution in [1.82, 2.24) is 10.2 Å². The third kappa shape index (κ3) is 4.51. The van der Waals surface area contributed by atoms with E-state index in [-0.39, 0.29) is 36.1 Å². The summed E-state index contributed by atoms with van der Waals surface area (Å²) in [6, 6.07) is 3.69. The Morgan fingerprint density at radius 3 is 2.50 bits per heavy atom. The molecule has 0 bridgehead atoms. The van der Waals surface area contributed by atoms with E-state index < -0.39 is 40.9 Å². The van der Waals surface area contributed by atoms with Crippen LogP contribution in [0.1, 0.15) is 47.9 Å². The average Bonchev–Trinajstić information content (AvgIpc) is 2.88. The number of nitrogens with zero attached hydrogens (tertiary/aromatic N) is 2. The van der Waals surface area contributed by atoms with E-state index in [2.05, 4.69) is 5.32 Å². The zero-order valence-corrected chi connectivity index (χ0v) is 15.8. The molecule has 2 rings (SSSR count). The number of hydrogen-bond acceptors (Lipinski definition) is 7. The van der Waals surface area contributed by atoms with Gasteiger partial charge in [-0.3, -0.25) is 34.2 Å². The normalized spacial score (nSPS) is 14.1. The van der Waals surface area contributed by atoms with Crippen molar-refractivity contribution in [3.63, 3.8) is 0 Å². The number of nitrogens with one attached hydrogen (secondary N) is 1. The summed E-state index contributed by atoms with van der Waals surface area (Å²) in [7, 11) is 0. The zero-order chi connectivity index (χ0) is 21.0. The molecule has 3 amide bonds. The summed E-state index contributed by atoms with van der Waals surface area (Å²) >= 11 is 0. The van der Waals surface area contributed by atoms with E-state index in [1.54, 1.807) is 0 Å². The first-order valence-electron chi connectivity index (χ1n) is 8.72. The standard InChI is InChI=1S/C18H21N3O7/c1-10(2)11(3)19-14(22)9-28-15(23)7-8-20-17(24)12-5-4-6-13(21(26)27)16(12)18(20)25/h4-6,10-11H,7-9H2,1-3H3,(H,19,22)/t11-/m0/s1. The average molecular weight is 391 g/mol. The number of hydrogen-bond donors (Lipinski definition) is 1. The van der Waals surface area contributed by atoms with Gasteiger partial charge in [0, 0.05) is 18.7 Å². The van der Waals surface area contributed by atoms with Crippen molar-refractivity contribution in [2.24, 2.45) is 5.92 Å². The van der Waals surface area contributed by atoms with Crippen LogP contribution in [0, 0.1) is 16.0 Å². The fraction of sp³-hybridized carbons (Fsp3) is 0.444. The summed E-state index contributed by atoms with van der Waals surface area (Å²) < 4.78 is 4.85. The number of ether oxygens (including phenoxy) is 1. The minimum Gasteiger partial charge on any atom is -0.456 e. The van der Waals surface area contributed by atoms with Crippen LogP contribution in [0.3, 0.4) is 0 Å². The molecule has 0 aliphatic carbocycles. The number of nitro benzene ring substituents is 1. The summed E-state index contributed by atoms with van der Waals surface area (Å²) in [6.07, 6.45) is -0.327. The van der Waals surface area contributed by atoms with Gasteiger partial charge in [-0.25, -0.2) is 0 Å². The number of carbonyl (C=O) groups is 4. The maximum atomic E-state index is 12.4. The first-order valence-corrected chi connectivity index (χ1v) is 8.72. The summed E-state index contributed by atoms with van der Waals surface area (Å²) in [5, 5.41) is 13.7. The highest BCUT2D eigenvalue weighted by Gasteiger charge is 2.40. The number of nitro groups is 1. The minimum atomic E-state index is -0.830. The van der Waals surface area contributed by atoms with Gasteiger partial charge in [0.25, 0.3) is 23.4 Å². The number of imide groups is 1. The van der Waals surface area contributed by atoms with E-state index in [0.29, 0.717) is 0 Å². The molecule has 0 spiro atoms. The molecule has 0 radical (unpaired) electrons. The van der Waals surface area contributed by atoms with Gasteiger partial charge in [-0.15, -0.1) is 0 Å². The van der Waals surface area contributed by atoms with Gasteiger partial charge in [0.1, 0.15) is 5.56 Å². The van der Waals surface area contributed by atoms with Crippen LogP contribution in [0.2, 0.25) is 0 Å². The van der Waals surface area contributed by atoms with E-state index in [1.807, 2.05) is 20.8 Å². The number of benzene rings is 1. The van der Waals surface area contributed by atoms with Crippen LogP contribution < -0.4 is 5.32 Å². The van der Waals surface area contributed by atoms with Crippen LogP contribution in [0.4, 0.5) is 5.69 Å². The Morgan fingerprint density at radius 1 is 1.21 bits per heavy atom. The molecule has 1 aliphatic heterocycles. The minimum absolute atomic E-state index is 0.0744. The molecule has 0 fully saturated rings. The summed E-state index contributed by atoms with van der Waals surface area (Å²) in [4.78, 5) is 59.3. The highest BCUT2D eigenvalue weighted by atomic mass is 16.6. The van der Waals surface area contributed by atoms with E-state index in [4.69, 9.17) is 4.74 Å². The van der Waals surface area contributed by atoms with Gasteiger partial charge < -0.3 is 10.1 Å². The van der Waals surface area contributed by atoms with Crippen molar-refractivity contribution in [2.75, 3.05) is 13.2 Å². The Balaban J connectivity index is 1.91. The van der Waals surface area contributed by atoms with Crippen molar-refractivity contribution in [3.8, 4) is 0 Å². The molecule has 1 N–H and O–H groups in total. The molecule has 1 aromatic carbocycles. The molecule has 0 saturated heterocycles. The van der Waals surface area contributed by atoms with Crippen LogP contribution in [-0.4, -0.2) is 52.7 Å². The Hall–Kier alpha value is -3.30. The summed E-state index contributed by atoms with van der Waals surface area (Å²) in [5.74, 6) is -2.54. The third-order valence-corrected chi connectivity index (χ3v) is 4.47. The Kier molecular flexibility index (Phi) is 6.45. The van der Waals surface area contributed by atoms with E-state index in [1.165, 1.54) is 12.1 Å². The predicted molar refractivity (Wildman–Crippen MR) is 96.5 cm³/mol. The van der Waals surface area contributed by atoms with E-state index in [9.17, 15) is 29.3 Å². The number of rotatable bonds is 8. The predicted octanol–water partition coefficient (Wildman–Crippen LogP) is 1.28. The molecular weight excluding hydrogens is 370 g/mol. The Bertz CT molecular complexity index is 834. The second-order valence-corrected chi connectivity index (χ2v) is 6.73. The topological polar surface area (TPSA) is 136 Å². The van der Waals surface area contributed by atoms with Crippen molar-refractivity contribution in [1.29, 1.82) is 0 Å². The van der Waals surface area contributed by atoms with Gasteiger partial charge in [0.15, 0.2) is 6.61 Å². The molecule has 1 heterocycles. The molecule has 0 aromatic heterocycles. The molecule has 10 heteroatoms. The molecule has 0 unspecified atom stereocenters. The third-order valence-electron chi connectivity index (χ3n) is 4.47. The smallest absolute Gasteiger partial charge is 0.308 e. The van der Waals surface area contributed by atoms with Gasteiger partial charge in [-0.05, 0) is 18.9 Å². The monoisotopic (exact) mass is 391 g/mol. The SMILES string of the molecule is CC(C)[C@H](C)NC(=O)COC(=O)CCN1C(=O)c2cccc([N+](=O)[O-])c2C1=O. The first kappa shape index (κ1) is 21.0. The van der Waals surface area contributed by atoms with Gasteiger partial charge in [-0.1, -0.05) is 19.9 Å². The first-order chi connectivity index (χ1) is 13.1. The number of amides is 3. The van der Waals surface area contributed by atoms with Crippen LogP contribution >= 0.6 is 0 Å². The molecule has 28 heavy (non-hydrogen) atoms. The lowest BCUT2D eigenvalue weighted by Crippen LogP contribution is -2.39. The molecule has 1 aromatic rings. The largest absolute Gasteiger partial charge is 0.456 e. The van der Waals surface area contributed by atoms with Gasteiger partial charge >= 0.3 is 5.97 Å². The quantitative estimate of drug-likeness (QED) is 0.305. The Labute approximate surface area is 161 Å². The lowest BCUT2D eigenvalue weighted by Gasteiger charge is -2.17. The van der Waals surface area contributed by atoms with Crippen molar-refractivity contribution < 1.29 is 28.8 Å². The summed E-state index contributed by atoms with van der Waals surface area (Å²) in [6.45, 7) is 4.93. The fourth-order valence-electron chi connectivity index (χ4n) is 2.55. The van der Waals surface area contributed by atoms with Gasteiger partial charge in [-0.2, -0.15) is 0 Å². The maximum absolute atomic E-state index is 12.4. The second-order valence-electron chi connectivity index (χ2n) is 6.73. The van der Waals surface area contributed by atoms with E-state index in [0.717, 1.165) is 11.0 Å². The van der Waals surface area contributed by atoms with Crippen molar-refractivity contribution in [3.05, 3.63) is 39.4 Å². The Morgan fingerprint density at radius 2 is 1.89 bits per heavy atom. The molecule has 1 aliphatic rings. The number of esters is 1. The fourth-order valence-corrected chi connectivity index (χ4v) is 2.55. The highest BCUT2D eigenvalue weighted by Crippen LogP contribution is 2.30. The molecule has 1 atom stereocenters. The molecule has 0 saturated carbocycles. The van der Waals surface area contributed by atoms with Gasteiger partial charge in [0.2, 0.25) is 0 Å². The van der Waals surface area contributed by atoms with Crippen LogP contribution in [0.5, 0.6) is 0 Å². The molecule has 150 valence electrons. The lowest BCUT2D eigenvalue weighted by molar-refractivity contribution is -0.385. The van der Waals surface area contributed by atoms with Crippen LogP contribution in [-0.2, 0) is 14.3 Å². The second kappa shape index (κ2) is 8.59. The van der Waals surface area contributed by atoms with Crippen molar-refractivity contribution in [2.45, 2.75) is 33.2 Å². The maximum Gasteiger partial charge on any atom is 0.308 e.